The third-order valence-corrected chi connectivity index (χ3v) is 5.11. The number of halogens is 2. The van der Waals surface area contributed by atoms with Crippen molar-refractivity contribution in [2.75, 3.05) is 5.32 Å². The van der Waals surface area contributed by atoms with Crippen LogP contribution in [-0.4, -0.2) is 28.0 Å². The zero-order chi connectivity index (χ0) is 21.1. The smallest absolute Gasteiger partial charge is 0.253 e. The Bertz CT molecular complexity index is 1080. The minimum Gasteiger partial charge on any atom is -0.349 e. The lowest BCUT2D eigenvalue weighted by molar-refractivity contribution is -0.116. The van der Waals surface area contributed by atoms with Gasteiger partial charge in [-0.25, -0.2) is 0 Å². The molecule has 2 amide bonds. The van der Waals surface area contributed by atoms with Gasteiger partial charge in [-0.3, -0.25) is 9.59 Å². The van der Waals surface area contributed by atoms with E-state index in [2.05, 4.69) is 20.8 Å². The average molecular weight is 445 g/mol. The van der Waals surface area contributed by atoms with Crippen LogP contribution in [-0.2, 0) is 11.2 Å². The second-order valence-corrected chi connectivity index (χ2v) is 7.85. The molecule has 0 aliphatic heterocycles. The maximum absolute atomic E-state index is 12.2. The van der Waals surface area contributed by atoms with Gasteiger partial charge >= 0.3 is 0 Å². The van der Waals surface area contributed by atoms with E-state index in [1.165, 1.54) is 0 Å². The van der Waals surface area contributed by atoms with Gasteiger partial charge in [-0.1, -0.05) is 28.4 Å². The van der Waals surface area contributed by atoms with Crippen LogP contribution in [0.3, 0.4) is 0 Å². The molecule has 4 rings (SSSR count). The van der Waals surface area contributed by atoms with Gasteiger partial charge in [0, 0.05) is 35.2 Å². The van der Waals surface area contributed by atoms with Crippen LogP contribution in [0, 0.1) is 0 Å². The summed E-state index contributed by atoms with van der Waals surface area (Å²) in [4.78, 5) is 28.7. The number of nitrogens with one attached hydrogen (secondary N) is 2. The van der Waals surface area contributed by atoms with Crippen LogP contribution in [0.4, 0.5) is 5.69 Å². The lowest BCUT2D eigenvalue weighted by atomic mass is 10.2. The number of rotatable bonds is 7. The Labute approximate surface area is 182 Å². The highest BCUT2D eigenvalue weighted by Gasteiger charge is 2.24. The predicted molar refractivity (Wildman–Crippen MR) is 114 cm³/mol. The van der Waals surface area contributed by atoms with E-state index in [9.17, 15) is 9.59 Å². The minimum atomic E-state index is -0.229. The van der Waals surface area contributed by atoms with Gasteiger partial charge in [0.1, 0.15) is 0 Å². The first-order valence-corrected chi connectivity index (χ1v) is 10.2. The minimum absolute atomic E-state index is 0.157. The topological polar surface area (TPSA) is 97.1 Å². The third-order valence-electron chi connectivity index (χ3n) is 4.55. The molecule has 0 atom stereocenters. The fourth-order valence-electron chi connectivity index (χ4n) is 2.78. The largest absolute Gasteiger partial charge is 0.349 e. The summed E-state index contributed by atoms with van der Waals surface area (Å²) in [6.07, 6.45) is 2.45. The van der Waals surface area contributed by atoms with Crippen LogP contribution in [0.1, 0.15) is 35.5 Å². The molecule has 1 aliphatic rings. The molecule has 9 heteroatoms. The maximum Gasteiger partial charge on any atom is 0.253 e. The monoisotopic (exact) mass is 444 g/mol. The van der Waals surface area contributed by atoms with Crippen LogP contribution in [0.5, 0.6) is 0 Å². The van der Waals surface area contributed by atoms with E-state index < -0.39 is 0 Å². The van der Waals surface area contributed by atoms with Crippen molar-refractivity contribution < 1.29 is 14.1 Å². The molecule has 7 nitrogen and oxygen atoms in total. The highest BCUT2D eigenvalue weighted by molar-refractivity contribution is 6.34. The fraction of sp³-hybridized carbons (Fsp3) is 0.238. The SMILES string of the molecule is O=C(CCc1nc(-c2ccc(Cl)cc2)no1)Nc1ccc(C(=O)NC2CC2)c(Cl)c1. The molecule has 154 valence electrons. The molecule has 1 fully saturated rings. The number of hydrogen-bond acceptors (Lipinski definition) is 5. The summed E-state index contributed by atoms with van der Waals surface area (Å²) in [6, 6.07) is 12.1. The first-order valence-electron chi connectivity index (χ1n) is 9.47. The Morgan fingerprint density at radius 1 is 1.10 bits per heavy atom. The standard InChI is InChI=1S/C21H18Cl2N4O3/c22-13-3-1-12(2-4-13)20-26-19(30-27-20)10-9-18(28)24-15-7-8-16(17(23)11-15)21(29)25-14-5-6-14/h1-4,7-8,11,14H,5-6,9-10H2,(H,24,28)(H,25,29). The molecule has 30 heavy (non-hydrogen) atoms. The van der Waals surface area contributed by atoms with Crippen LogP contribution in [0.2, 0.25) is 10.0 Å². The van der Waals surface area contributed by atoms with Crippen molar-refractivity contribution in [3.8, 4) is 11.4 Å². The molecule has 1 aromatic heterocycles. The molecular formula is C21H18Cl2N4O3. The van der Waals surface area contributed by atoms with Gasteiger partial charge in [0.25, 0.3) is 5.91 Å². The van der Waals surface area contributed by atoms with E-state index in [-0.39, 0.29) is 29.3 Å². The van der Waals surface area contributed by atoms with Gasteiger partial charge in [-0.05, 0) is 55.3 Å². The lowest BCUT2D eigenvalue weighted by Crippen LogP contribution is -2.25. The highest BCUT2D eigenvalue weighted by atomic mass is 35.5. The molecule has 1 aliphatic carbocycles. The van der Waals surface area contributed by atoms with Crippen molar-refractivity contribution in [2.24, 2.45) is 0 Å². The Kier molecular flexibility index (Phi) is 6.01. The summed E-state index contributed by atoms with van der Waals surface area (Å²) in [6.45, 7) is 0. The van der Waals surface area contributed by atoms with Crippen LogP contribution in [0.15, 0.2) is 47.0 Å². The summed E-state index contributed by atoms with van der Waals surface area (Å²) in [5.41, 5.74) is 1.68. The van der Waals surface area contributed by atoms with Gasteiger partial charge in [0.15, 0.2) is 0 Å². The van der Waals surface area contributed by atoms with Gasteiger partial charge in [0.05, 0.1) is 10.6 Å². The van der Waals surface area contributed by atoms with Crippen molar-refractivity contribution in [3.05, 3.63) is 64.0 Å². The van der Waals surface area contributed by atoms with Crippen molar-refractivity contribution in [1.29, 1.82) is 0 Å². The highest BCUT2D eigenvalue weighted by Crippen LogP contribution is 2.24. The molecule has 2 N–H and O–H groups in total. The average Bonchev–Trinajstić information content (AvgIpc) is 3.40. The van der Waals surface area contributed by atoms with Gasteiger partial charge in [-0.15, -0.1) is 0 Å². The Morgan fingerprint density at radius 2 is 1.87 bits per heavy atom. The van der Waals surface area contributed by atoms with E-state index in [1.54, 1.807) is 42.5 Å². The molecule has 0 radical (unpaired) electrons. The number of anilines is 1. The molecule has 0 unspecified atom stereocenters. The zero-order valence-electron chi connectivity index (χ0n) is 15.8. The third kappa shape index (κ3) is 5.17. The molecule has 1 heterocycles. The number of aryl methyl sites for hydroxylation is 1. The Morgan fingerprint density at radius 3 is 2.57 bits per heavy atom. The second-order valence-electron chi connectivity index (χ2n) is 7.01. The number of carbonyl (C=O) groups excluding carboxylic acids is 2. The van der Waals surface area contributed by atoms with Crippen molar-refractivity contribution in [2.45, 2.75) is 31.7 Å². The molecule has 3 aromatic rings. The lowest BCUT2D eigenvalue weighted by Gasteiger charge is -2.09. The Hall–Kier alpha value is -2.90. The first-order chi connectivity index (χ1) is 14.5. The van der Waals surface area contributed by atoms with E-state index >= 15 is 0 Å². The van der Waals surface area contributed by atoms with Crippen LogP contribution >= 0.6 is 23.2 Å². The molecule has 0 bridgehead atoms. The van der Waals surface area contributed by atoms with Crippen LogP contribution in [0.25, 0.3) is 11.4 Å². The summed E-state index contributed by atoms with van der Waals surface area (Å²) < 4.78 is 5.21. The quantitative estimate of drug-likeness (QED) is 0.558. The predicted octanol–water partition coefficient (Wildman–Crippen LogP) is 4.51. The van der Waals surface area contributed by atoms with E-state index in [1.807, 2.05) is 0 Å². The second kappa shape index (κ2) is 8.85. The molecule has 0 spiro atoms. The maximum atomic E-state index is 12.2. The van der Waals surface area contributed by atoms with E-state index in [0.29, 0.717) is 34.4 Å². The first kappa shape index (κ1) is 20.4. The van der Waals surface area contributed by atoms with Gasteiger partial charge in [-0.2, -0.15) is 4.98 Å². The van der Waals surface area contributed by atoms with E-state index in [4.69, 9.17) is 27.7 Å². The summed E-state index contributed by atoms with van der Waals surface area (Å²) in [5.74, 6) is 0.370. The Balaban J connectivity index is 1.31. The van der Waals surface area contributed by atoms with Gasteiger partial charge in [0.2, 0.25) is 17.6 Å². The number of aromatic nitrogens is 2. The normalized spacial score (nSPS) is 13.1. The number of amides is 2. The summed E-state index contributed by atoms with van der Waals surface area (Å²) in [7, 11) is 0. The molecule has 1 saturated carbocycles. The van der Waals surface area contributed by atoms with Crippen molar-refractivity contribution >= 4 is 40.7 Å². The fourth-order valence-corrected chi connectivity index (χ4v) is 3.18. The summed E-state index contributed by atoms with van der Waals surface area (Å²) in [5, 5.41) is 10.5. The molecular weight excluding hydrogens is 427 g/mol. The number of carbonyl (C=O) groups is 2. The summed E-state index contributed by atoms with van der Waals surface area (Å²) >= 11 is 12.1. The number of benzene rings is 2. The molecule has 0 saturated heterocycles. The van der Waals surface area contributed by atoms with Crippen molar-refractivity contribution in [1.82, 2.24) is 15.5 Å². The number of hydrogen-bond donors (Lipinski definition) is 2. The number of nitrogens with zero attached hydrogens (tertiary/aromatic N) is 2. The van der Waals surface area contributed by atoms with Crippen molar-refractivity contribution in [3.63, 3.8) is 0 Å². The molecule has 2 aromatic carbocycles. The zero-order valence-corrected chi connectivity index (χ0v) is 17.3. The van der Waals surface area contributed by atoms with E-state index in [0.717, 1.165) is 18.4 Å². The van der Waals surface area contributed by atoms with Gasteiger partial charge < -0.3 is 15.2 Å². The van der Waals surface area contributed by atoms with Crippen LogP contribution < -0.4 is 10.6 Å².